The van der Waals surface area contributed by atoms with Crippen molar-refractivity contribution in [3.05, 3.63) is 89.0 Å². The average Bonchev–Trinajstić information content (AvgIpc) is 2.72. The van der Waals surface area contributed by atoms with Gasteiger partial charge in [0.15, 0.2) is 0 Å². The van der Waals surface area contributed by atoms with Gasteiger partial charge in [-0.15, -0.1) is 0 Å². The summed E-state index contributed by atoms with van der Waals surface area (Å²) >= 11 is 0. The lowest BCUT2D eigenvalue weighted by molar-refractivity contribution is -0.143. The van der Waals surface area contributed by atoms with E-state index in [0.29, 0.717) is 23.4 Å². The number of rotatable bonds is 1. The maximum absolute atomic E-state index is 13.3. The molecule has 1 amide bonds. The number of fused-ring (bicyclic) bond motifs is 3. The van der Waals surface area contributed by atoms with Crippen LogP contribution in [0.4, 0.5) is 32.0 Å². The second-order valence-corrected chi connectivity index (χ2v) is 7.25. The number of nitrogens with zero attached hydrogens (tertiary/aromatic N) is 1. The van der Waals surface area contributed by atoms with Gasteiger partial charge in [-0.05, 0) is 42.3 Å². The lowest BCUT2D eigenvalue weighted by Crippen LogP contribution is -2.36. The van der Waals surface area contributed by atoms with Crippen molar-refractivity contribution in [2.75, 3.05) is 4.90 Å². The summed E-state index contributed by atoms with van der Waals surface area (Å²) in [6.07, 6.45) is -10.1. The molecule has 0 saturated carbocycles. The molecule has 31 heavy (non-hydrogen) atoms. The fraction of sp³-hybridized carbons (Fsp3) is 0.174. The summed E-state index contributed by atoms with van der Waals surface area (Å²) in [7, 11) is 0. The number of halogens is 6. The van der Waals surface area contributed by atoms with Crippen LogP contribution in [-0.2, 0) is 12.4 Å². The summed E-state index contributed by atoms with van der Waals surface area (Å²) in [4.78, 5) is 14.6. The number of para-hydroxylation sites is 1. The highest BCUT2D eigenvalue weighted by atomic mass is 19.4. The van der Waals surface area contributed by atoms with Crippen LogP contribution in [0.25, 0.3) is 11.1 Å². The van der Waals surface area contributed by atoms with E-state index in [2.05, 4.69) is 0 Å². The predicted molar refractivity (Wildman–Crippen MR) is 104 cm³/mol. The van der Waals surface area contributed by atoms with Gasteiger partial charge in [0, 0.05) is 11.1 Å². The molecule has 1 aliphatic rings. The molecule has 0 spiro atoms. The van der Waals surface area contributed by atoms with Gasteiger partial charge in [-0.25, -0.2) is 0 Å². The fourth-order valence-corrected chi connectivity index (χ4v) is 3.87. The van der Waals surface area contributed by atoms with Crippen molar-refractivity contribution < 1.29 is 31.1 Å². The van der Waals surface area contributed by atoms with Gasteiger partial charge in [0.05, 0.1) is 22.9 Å². The highest BCUT2D eigenvalue weighted by Gasteiger charge is 2.39. The van der Waals surface area contributed by atoms with Crippen molar-refractivity contribution in [3.8, 4) is 11.1 Å². The molecule has 0 radical (unpaired) electrons. The standard InChI is InChI=1S/C23H15F6NO/c1-13-17-6-2-3-7-18(17)19-8-4-5-9-20(19)30(13)21(31)14-10-15(22(24,25)26)12-16(11-14)23(27,28)29/h2-13H,1H3. The average molecular weight is 435 g/mol. The minimum absolute atomic E-state index is 0.0136. The molecule has 160 valence electrons. The molecule has 0 fully saturated rings. The van der Waals surface area contributed by atoms with E-state index in [1.807, 2.05) is 12.1 Å². The molecule has 0 N–H and O–H groups in total. The molecule has 1 aliphatic heterocycles. The van der Waals surface area contributed by atoms with Crippen LogP contribution in [0.2, 0.25) is 0 Å². The first-order valence-electron chi connectivity index (χ1n) is 9.30. The Kier molecular flexibility index (Phi) is 4.83. The molecule has 2 nitrogen and oxygen atoms in total. The Hall–Kier alpha value is -3.29. The van der Waals surface area contributed by atoms with Crippen molar-refractivity contribution in [1.29, 1.82) is 0 Å². The molecule has 0 aliphatic carbocycles. The minimum Gasteiger partial charge on any atom is -0.301 e. The summed E-state index contributed by atoms with van der Waals surface area (Å²) in [5, 5.41) is 0. The maximum Gasteiger partial charge on any atom is 0.416 e. The van der Waals surface area contributed by atoms with E-state index in [1.54, 1.807) is 43.3 Å². The summed E-state index contributed by atoms with van der Waals surface area (Å²) < 4.78 is 79.6. The highest BCUT2D eigenvalue weighted by Crippen LogP contribution is 2.45. The van der Waals surface area contributed by atoms with Crippen LogP contribution in [0.3, 0.4) is 0 Å². The number of alkyl halides is 6. The maximum atomic E-state index is 13.3. The third-order valence-corrected chi connectivity index (χ3v) is 5.31. The minimum atomic E-state index is -5.03. The quantitative estimate of drug-likeness (QED) is 0.373. The Morgan fingerprint density at radius 2 is 1.29 bits per heavy atom. The van der Waals surface area contributed by atoms with E-state index in [0.717, 1.165) is 11.1 Å². The monoisotopic (exact) mass is 435 g/mol. The SMILES string of the molecule is CC1c2ccccc2-c2ccccc2N1C(=O)c1cc(C(F)(F)F)cc(C(F)(F)F)c1. The topological polar surface area (TPSA) is 20.3 Å². The summed E-state index contributed by atoms with van der Waals surface area (Å²) in [5.74, 6) is -0.939. The smallest absolute Gasteiger partial charge is 0.301 e. The zero-order chi connectivity index (χ0) is 22.6. The van der Waals surface area contributed by atoms with Crippen LogP contribution in [0.1, 0.15) is 40.0 Å². The number of anilines is 1. The molecule has 1 atom stereocenters. The van der Waals surface area contributed by atoms with Crippen molar-refractivity contribution in [2.24, 2.45) is 0 Å². The fourth-order valence-electron chi connectivity index (χ4n) is 3.87. The van der Waals surface area contributed by atoms with Crippen LogP contribution < -0.4 is 4.90 Å². The van der Waals surface area contributed by atoms with Crippen molar-refractivity contribution in [1.82, 2.24) is 0 Å². The van der Waals surface area contributed by atoms with Gasteiger partial charge >= 0.3 is 12.4 Å². The lowest BCUT2D eigenvalue weighted by atomic mass is 9.88. The zero-order valence-electron chi connectivity index (χ0n) is 16.1. The Labute approximate surface area is 173 Å². The van der Waals surface area contributed by atoms with E-state index in [-0.39, 0.29) is 6.07 Å². The van der Waals surface area contributed by atoms with Crippen LogP contribution >= 0.6 is 0 Å². The zero-order valence-corrected chi connectivity index (χ0v) is 16.1. The first kappa shape index (κ1) is 21.0. The number of amides is 1. The van der Waals surface area contributed by atoms with Crippen LogP contribution in [-0.4, -0.2) is 5.91 Å². The molecular formula is C23H15F6NO. The molecule has 8 heteroatoms. The van der Waals surface area contributed by atoms with Crippen LogP contribution in [0, 0.1) is 0 Å². The third-order valence-electron chi connectivity index (χ3n) is 5.31. The van der Waals surface area contributed by atoms with Gasteiger partial charge in [-0.2, -0.15) is 26.3 Å². The number of carbonyl (C=O) groups is 1. The molecule has 3 aromatic carbocycles. The van der Waals surface area contributed by atoms with Crippen molar-refractivity contribution in [3.63, 3.8) is 0 Å². The normalized spacial score (nSPS) is 16.0. The van der Waals surface area contributed by atoms with Gasteiger partial charge in [-0.3, -0.25) is 4.79 Å². The Bertz CT molecular complexity index is 1130. The van der Waals surface area contributed by atoms with Crippen molar-refractivity contribution >= 4 is 11.6 Å². The largest absolute Gasteiger partial charge is 0.416 e. The summed E-state index contributed by atoms with van der Waals surface area (Å²) in [5.41, 5.74) is -1.03. The van der Waals surface area contributed by atoms with Crippen molar-refractivity contribution in [2.45, 2.75) is 25.3 Å². The van der Waals surface area contributed by atoms with Gasteiger partial charge in [-0.1, -0.05) is 42.5 Å². The van der Waals surface area contributed by atoms with E-state index >= 15 is 0 Å². The Balaban J connectivity index is 1.89. The number of carbonyl (C=O) groups excluding carboxylic acids is 1. The molecule has 0 bridgehead atoms. The molecule has 3 aromatic rings. The molecular weight excluding hydrogens is 420 g/mol. The first-order chi connectivity index (χ1) is 14.5. The van der Waals surface area contributed by atoms with Crippen LogP contribution in [0.5, 0.6) is 0 Å². The Morgan fingerprint density at radius 1 is 0.774 bits per heavy atom. The second kappa shape index (κ2) is 7.14. The summed E-state index contributed by atoms with van der Waals surface area (Å²) in [6.45, 7) is 1.69. The van der Waals surface area contributed by atoms with E-state index in [4.69, 9.17) is 0 Å². The van der Waals surface area contributed by atoms with Gasteiger partial charge < -0.3 is 4.90 Å². The first-order valence-corrected chi connectivity index (χ1v) is 9.30. The molecule has 0 aromatic heterocycles. The van der Waals surface area contributed by atoms with Gasteiger partial charge in [0.1, 0.15) is 0 Å². The highest BCUT2D eigenvalue weighted by molar-refractivity contribution is 6.10. The van der Waals surface area contributed by atoms with Gasteiger partial charge in [0.25, 0.3) is 5.91 Å². The number of benzene rings is 3. The predicted octanol–water partition coefficient (Wildman–Crippen LogP) is 7.11. The van der Waals surface area contributed by atoms with Crippen LogP contribution in [0.15, 0.2) is 66.7 Å². The lowest BCUT2D eigenvalue weighted by Gasteiger charge is -2.37. The van der Waals surface area contributed by atoms with E-state index in [1.165, 1.54) is 4.90 Å². The van der Waals surface area contributed by atoms with Gasteiger partial charge in [0.2, 0.25) is 0 Å². The second-order valence-electron chi connectivity index (χ2n) is 7.25. The molecule has 1 heterocycles. The molecule has 1 unspecified atom stereocenters. The number of hydrogen-bond acceptors (Lipinski definition) is 1. The summed E-state index contributed by atoms with van der Waals surface area (Å²) in [6, 6.07) is 14.4. The third kappa shape index (κ3) is 3.66. The molecule has 0 saturated heterocycles. The van der Waals surface area contributed by atoms with E-state index in [9.17, 15) is 31.1 Å². The van der Waals surface area contributed by atoms with E-state index < -0.39 is 41.0 Å². The number of hydrogen-bond donors (Lipinski definition) is 0. The Morgan fingerprint density at radius 3 is 1.87 bits per heavy atom. The molecule has 4 rings (SSSR count).